The highest BCUT2D eigenvalue weighted by atomic mass is 32.2. The van der Waals surface area contributed by atoms with Crippen LogP contribution in [0, 0.1) is 0 Å². The fourth-order valence-electron chi connectivity index (χ4n) is 2.12. The van der Waals surface area contributed by atoms with E-state index in [0.717, 1.165) is 0 Å². The van der Waals surface area contributed by atoms with Crippen LogP contribution in [-0.4, -0.2) is 4.58 Å². The highest BCUT2D eigenvalue weighted by Gasteiger charge is 2.09. The van der Waals surface area contributed by atoms with Gasteiger partial charge in [0, 0.05) is 9.79 Å². The Morgan fingerprint density at radius 2 is 1.00 bits per heavy atom. The Balaban J connectivity index is 1.76. The molecule has 23 heavy (non-hydrogen) atoms. The molecular weight excluding hydrogens is 316 g/mol. The van der Waals surface area contributed by atoms with Gasteiger partial charge < -0.3 is 0 Å². The number of hydrogen-bond donors (Lipinski definition) is 0. The monoisotopic (exact) mass is 334 g/mol. The van der Waals surface area contributed by atoms with Gasteiger partial charge in [-0.3, -0.25) is 0 Å². The maximum atomic E-state index is 2.28. The highest BCUT2D eigenvalue weighted by molar-refractivity contribution is 8.17. The van der Waals surface area contributed by atoms with Crippen LogP contribution in [0.2, 0.25) is 0 Å². The van der Waals surface area contributed by atoms with Crippen LogP contribution in [-0.2, 0) is 0 Å². The average Bonchev–Trinajstić information content (AvgIpc) is 2.62. The van der Waals surface area contributed by atoms with Crippen LogP contribution in [0.3, 0.4) is 0 Å². The first-order chi connectivity index (χ1) is 11.4. The molecule has 0 aliphatic rings. The number of benzene rings is 3. The summed E-state index contributed by atoms with van der Waals surface area (Å²) in [4.78, 5) is 2.58. The van der Waals surface area contributed by atoms with E-state index in [-0.39, 0.29) is 0 Å². The zero-order valence-electron chi connectivity index (χ0n) is 12.7. The van der Waals surface area contributed by atoms with Crippen molar-refractivity contribution in [1.29, 1.82) is 0 Å². The predicted molar refractivity (Wildman–Crippen MR) is 104 cm³/mol. The van der Waals surface area contributed by atoms with Crippen molar-refractivity contribution in [3.8, 4) is 0 Å². The third-order valence-corrected chi connectivity index (χ3v) is 5.68. The highest BCUT2D eigenvalue weighted by Crippen LogP contribution is 2.36. The SMILES string of the molecule is C(=C/C(Sc1ccccc1)Sc1ccccc1)/c1ccccc1. The van der Waals surface area contributed by atoms with Gasteiger partial charge in [-0.2, -0.15) is 0 Å². The molecule has 3 rings (SSSR count). The normalized spacial score (nSPS) is 11.2. The van der Waals surface area contributed by atoms with Crippen LogP contribution in [0.5, 0.6) is 0 Å². The molecule has 0 saturated carbocycles. The first-order valence-electron chi connectivity index (χ1n) is 7.57. The topological polar surface area (TPSA) is 0 Å². The zero-order valence-corrected chi connectivity index (χ0v) is 14.3. The summed E-state index contributed by atoms with van der Waals surface area (Å²) in [5.74, 6) is 0. The van der Waals surface area contributed by atoms with Gasteiger partial charge in [0.1, 0.15) is 0 Å². The molecule has 0 spiro atoms. The first-order valence-corrected chi connectivity index (χ1v) is 9.33. The van der Waals surface area contributed by atoms with Crippen molar-refractivity contribution in [1.82, 2.24) is 0 Å². The molecule has 2 heteroatoms. The average molecular weight is 335 g/mol. The minimum Gasteiger partial charge on any atom is -0.107 e. The summed E-state index contributed by atoms with van der Waals surface area (Å²) in [7, 11) is 0. The molecule has 0 unspecified atom stereocenters. The molecule has 0 saturated heterocycles. The lowest BCUT2D eigenvalue weighted by atomic mass is 10.2. The summed E-state index contributed by atoms with van der Waals surface area (Å²) >= 11 is 3.76. The van der Waals surface area contributed by atoms with E-state index in [0.29, 0.717) is 4.58 Å². The summed E-state index contributed by atoms with van der Waals surface area (Å²) in [6, 6.07) is 31.6. The number of hydrogen-bond acceptors (Lipinski definition) is 2. The molecule has 0 nitrogen and oxygen atoms in total. The standard InChI is InChI=1S/C21H18S2/c1-4-10-18(11-5-1)16-17-21(22-19-12-6-2-7-13-19)23-20-14-8-3-9-15-20/h1-17,21H/b17-16-. The van der Waals surface area contributed by atoms with Crippen molar-refractivity contribution < 1.29 is 0 Å². The van der Waals surface area contributed by atoms with E-state index in [4.69, 9.17) is 0 Å². The van der Waals surface area contributed by atoms with E-state index in [1.165, 1.54) is 15.4 Å². The summed E-state index contributed by atoms with van der Waals surface area (Å²) < 4.78 is 0.333. The lowest BCUT2D eigenvalue weighted by molar-refractivity contribution is 1.43. The molecule has 3 aromatic carbocycles. The Hall–Kier alpha value is -1.90. The van der Waals surface area contributed by atoms with Crippen LogP contribution >= 0.6 is 23.5 Å². The van der Waals surface area contributed by atoms with E-state index >= 15 is 0 Å². The number of rotatable bonds is 6. The maximum Gasteiger partial charge on any atom is 0.0779 e. The van der Waals surface area contributed by atoms with Gasteiger partial charge in [0.25, 0.3) is 0 Å². The van der Waals surface area contributed by atoms with Gasteiger partial charge in [-0.05, 0) is 29.8 Å². The molecule has 0 aliphatic heterocycles. The largest absolute Gasteiger partial charge is 0.107 e. The Labute approximate surface area is 146 Å². The Morgan fingerprint density at radius 3 is 1.48 bits per heavy atom. The summed E-state index contributed by atoms with van der Waals surface area (Å²) in [6.07, 6.45) is 4.49. The third kappa shape index (κ3) is 5.34. The van der Waals surface area contributed by atoms with Gasteiger partial charge in [-0.1, -0.05) is 78.9 Å². The van der Waals surface area contributed by atoms with E-state index in [1.807, 2.05) is 29.6 Å². The third-order valence-electron chi connectivity index (χ3n) is 3.24. The van der Waals surface area contributed by atoms with Crippen molar-refractivity contribution in [2.75, 3.05) is 0 Å². The van der Waals surface area contributed by atoms with Crippen molar-refractivity contribution >= 4 is 29.6 Å². The van der Waals surface area contributed by atoms with Gasteiger partial charge >= 0.3 is 0 Å². The van der Waals surface area contributed by atoms with Crippen molar-refractivity contribution in [3.05, 3.63) is 103 Å². The molecule has 0 radical (unpaired) electrons. The van der Waals surface area contributed by atoms with Crippen LogP contribution in [0.1, 0.15) is 5.56 Å². The molecule has 0 atom stereocenters. The molecular formula is C21H18S2. The molecule has 0 amide bonds. The molecule has 0 fully saturated rings. The van der Waals surface area contributed by atoms with Crippen LogP contribution in [0.15, 0.2) is 107 Å². The molecule has 0 bridgehead atoms. The van der Waals surface area contributed by atoms with Crippen LogP contribution in [0.25, 0.3) is 6.08 Å². The van der Waals surface area contributed by atoms with Gasteiger partial charge in [0.05, 0.1) is 4.58 Å². The second kappa shape index (κ2) is 8.66. The second-order valence-electron chi connectivity index (χ2n) is 5.00. The van der Waals surface area contributed by atoms with Crippen LogP contribution in [0.4, 0.5) is 0 Å². The molecule has 0 aliphatic carbocycles. The smallest absolute Gasteiger partial charge is 0.0779 e. The molecule has 114 valence electrons. The van der Waals surface area contributed by atoms with Gasteiger partial charge in [0.15, 0.2) is 0 Å². The fourth-order valence-corrected chi connectivity index (χ4v) is 4.46. The predicted octanol–water partition coefficient (Wildman–Crippen LogP) is 6.61. The Kier molecular flexibility index (Phi) is 6.01. The fraction of sp³-hybridized carbons (Fsp3) is 0.0476. The maximum absolute atomic E-state index is 2.28. The summed E-state index contributed by atoms with van der Waals surface area (Å²) in [5, 5.41) is 0. The molecule has 0 heterocycles. The van der Waals surface area contributed by atoms with E-state index < -0.39 is 0 Å². The van der Waals surface area contributed by atoms with Crippen molar-refractivity contribution in [2.45, 2.75) is 14.4 Å². The van der Waals surface area contributed by atoms with Crippen LogP contribution < -0.4 is 0 Å². The quantitative estimate of drug-likeness (QED) is 0.367. The van der Waals surface area contributed by atoms with Crippen molar-refractivity contribution in [2.24, 2.45) is 0 Å². The second-order valence-corrected chi connectivity index (χ2v) is 7.73. The molecule has 0 aromatic heterocycles. The number of thioether (sulfide) groups is 2. The Bertz CT molecular complexity index is 680. The van der Waals surface area contributed by atoms with Gasteiger partial charge in [0.2, 0.25) is 0 Å². The molecule has 3 aromatic rings. The molecule has 0 N–H and O–H groups in total. The lowest BCUT2D eigenvalue weighted by Crippen LogP contribution is -1.91. The van der Waals surface area contributed by atoms with E-state index in [2.05, 4.69) is 97.1 Å². The first kappa shape index (κ1) is 16.0. The Morgan fingerprint density at radius 1 is 0.565 bits per heavy atom. The lowest BCUT2D eigenvalue weighted by Gasteiger charge is -2.12. The minimum atomic E-state index is 0.333. The van der Waals surface area contributed by atoms with E-state index in [1.54, 1.807) is 0 Å². The van der Waals surface area contributed by atoms with Crippen molar-refractivity contribution in [3.63, 3.8) is 0 Å². The van der Waals surface area contributed by atoms with E-state index in [9.17, 15) is 0 Å². The summed E-state index contributed by atoms with van der Waals surface area (Å²) in [5.41, 5.74) is 1.24. The van der Waals surface area contributed by atoms with Gasteiger partial charge in [-0.25, -0.2) is 0 Å². The zero-order chi connectivity index (χ0) is 15.7. The summed E-state index contributed by atoms with van der Waals surface area (Å²) in [6.45, 7) is 0. The van der Waals surface area contributed by atoms with Gasteiger partial charge in [-0.15, -0.1) is 23.5 Å². The minimum absolute atomic E-state index is 0.333.